The molecule has 5 nitrogen and oxygen atoms in total. The standard InChI is InChI=1S/C12H18ClN5/c1-3-4-5-6-9(2)16-11-7-10(13)17-12-14-8-15-18(11)12/h7-9,16H,3-6H2,1-2H3. The monoisotopic (exact) mass is 267 g/mol. The van der Waals surface area contributed by atoms with Gasteiger partial charge in [-0.05, 0) is 13.3 Å². The van der Waals surface area contributed by atoms with Gasteiger partial charge in [0, 0.05) is 12.1 Å². The van der Waals surface area contributed by atoms with E-state index < -0.39 is 0 Å². The molecule has 1 atom stereocenters. The smallest absolute Gasteiger partial charge is 0.255 e. The molecule has 0 saturated carbocycles. The lowest BCUT2D eigenvalue weighted by Gasteiger charge is -2.15. The number of aromatic nitrogens is 4. The van der Waals surface area contributed by atoms with Crippen LogP contribution < -0.4 is 5.32 Å². The van der Waals surface area contributed by atoms with Gasteiger partial charge in [-0.2, -0.15) is 19.6 Å². The number of rotatable bonds is 6. The van der Waals surface area contributed by atoms with Gasteiger partial charge < -0.3 is 5.32 Å². The summed E-state index contributed by atoms with van der Waals surface area (Å²) in [5.41, 5.74) is 0. The molecule has 0 aromatic carbocycles. The van der Waals surface area contributed by atoms with Crippen LogP contribution in [0, 0.1) is 0 Å². The maximum absolute atomic E-state index is 5.96. The molecule has 0 saturated heterocycles. The Bertz CT molecular complexity index is 510. The minimum absolute atomic E-state index is 0.377. The second-order valence-corrected chi connectivity index (χ2v) is 4.86. The highest BCUT2D eigenvalue weighted by atomic mass is 35.5. The minimum atomic E-state index is 0.377. The minimum Gasteiger partial charge on any atom is -0.367 e. The number of nitrogens with one attached hydrogen (secondary N) is 1. The van der Waals surface area contributed by atoms with Gasteiger partial charge in [0.05, 0.1) is 0 Å². The highest BCUT2D eigenvalue weighted by Gasteiger charge is 2.09. The molecule has 0 amide bonds. The Labute approximate surface area is 112 Å². The lowest BCUT2D eigenvalue weighted by atomic mass is 10.1. The van der Waals surface area contributed by atoms with Crippen LogP contribution >= 0.6 is 11.6 Å². The van der Waals surface area contributed by atoms with Crippen molar-refractivity contribution in [1.82, 2.24) is 19.6 Å². The Kier molecular flexibility index (Phi) is 4.36. The molecule has 2 rings (SSSR count). The Balaban J connectivity index is 2.08. The van der Waals surface area contributed by atoms with Gasteiger partial charge >= 0.3 is 0 Å². The third-order valence-corrected chi connectivity index (χ3v) is 3.05. The van der Waals surface area contributed by atoms with Crippen LogP contribution in [0.3, 0.4) is 0 Å². The number of hydrogen-bond acceptors (Lipinski definition) is 4. The molecule has 2 aromatic rings. The van der Waals surface area contributed by atoms with Crippen LogP contribution in [0.15, 0.2) is 12.4 Å². The molecule has 1 unspecified atom stereocenters. The fourth-order valence-corrected chi connectivity index (χ4v) is 2.09. The fraction of sp³-hybridized carbons (Fsp3) is 0.583. The molecule has 2 heterocycles. The van der Waals surface area contributed by atoms with Gasteiger partial charge in [-0.3, -0.25) is 0 Å². The Morgan fingerprint density at radius 3 is 3.06 bits per heavy atom. The van der Waals surface area contributed by atoms with Gasteiger partial charge in [-0.1, -0.05) is 37.8 Å². The van der Waals surface area contributed by atoms with Crippen molar-refractivity contribution in [3.8, 4) is 0 Å². The van der Waals surface area contributed by atoms with Crippen molar-refractivity contribution in [2.75, 3.05) is 5.32 Å². The Hall–Kier alpha value is -1.36. The zero-order valence-corrected chi connectivity index (χ0v) is 11.5. The maximum atomic E-state index is 5.96. The average Bonchev–Trinajstić information content (AvgIpc) is 2.77. The van der Waals surface area contributed by atoms with E-state index in [-0.39, 0.29) is 0 Å². The number of nitrogens with zero attached hydrogens (tertiary/aromatic N) is 4. The summed E-state index contributed by atoms with van der Waals surface area (Å²) < 4.78 is 1.67. The van der Waals surface area contributed by atoms with E-state index >= 15 is 0 Å². The molecule has 0 aliphatic rings. The fourth-order valence-electron chi connectivity index (χ4n) is 1.91. The van der Waals surface area contributed by atoms with Crippen molar-refractivity contribution in [2.24, 2.45) is 0 Å². The highest BCUT2D eigenvalue weighted by Crippen LogP contribution is 2.16. The molecular formula is C12H18ClN5. The largest absolute Gasteiger partial charge is 0.367 e. The quantitative estimate of drug-likeness (QED) is 0.645. The van der Waals surface area contributed by atoms with E-state index in [1.165, 1.54) is 25.6 Å². The number of hydrogen-bond donors (Lipinski definition) is 1. The number of halogens is 1. The summed E-state index contributed by atoms with van der Waals surface area (Å²) in [4.78, 5) is 8.13. The SMILES string of the molecule is CCCCCC(C)Nc1cc(Cl)nc2ncnn12. The normalized spacial score (nSPS) is 12.8. The Morgan fingerprint density at radius 1 is 1.44 bits per heavy atom. The van der Waals surface area contributed by atoms with Gasteiger partial charge in [0.2, 0.25) is 0 Å². The van der Waals surface area contributed by atoms with Crippen LogP contribution in [0.2, 0.25) is 5.15 Å². The van der Waals surface area contributed by atoms with Crippen molar-refractivity contribution in [3.05, 3.63) is 17.5 Å². The summed E-state index contributed by atoms with van der Waals surface area (Å²) >= 11 is 5.96. The molecule has 0 bridgehead atoms. The molecule has 0 aliphatic heterocycles. The van der Waals surface area contributed by atoms with E-state index in [1.807, 2.05) is 0 Å². The number of fused-ring (bicyclic) bond motifs is 1. The molecule has 0 fully saturated rings. The predicted molar refractivity (Wildman–Crippen MR) is 73.0 cm³/mol. The van der Waals surface area contributed by atoms with Crippen LogP contribution in [0.1, 0.15) is 39.5 Å². The van der Waals surface area contributed by atoms with Gasteiger partial charge in [-0.15, -0.1) is 0 Å². The van der Waals surface area contributed by atoms with Crippen molar-refractivity contribution >= 4 is 23.2 Å². The third-order valence-electron chi connectivity index (χ3n) is 2.86. The first-order valence-corrected chi connectivity index (χ1v) is 6.71. The van der Waals surface area contributed by atoms with E-state index in [1.54, 1.807) is 10.6 Å². The summed E-state index contributed by atoms with van der Waals surface area (Å²) in [7, 11) is 0. The first-order chi connectivity index (χ1) is 8.70. The molecule has 98 valence electrons. The summed E-state index contributed by atoms with van der Waals surface area (Å²) in [5, 5.41) is 7.97. The second-order valence-electron chi connectivity index (χ2n) is 4.48. The van der Waals surface area contributed by atoms with E-state index in [9.17, 15) is 0 Å². The Morgan fingerprint density at radius 2 is 2.28 bits per heavy atom. The van der Waals surface area contributed by atoms with Gasteiger partial charge in [0.15, 0.2) is 0 Å². The second kappa shape index (κ2) is 6.00. The summed E-state index contributed by atoms with van der Waals surface area (Å²) in [6.07, 6.45) is 6.34. The lowest BCUT2D eigenvalue weighted by molar-refractivity contribution is 0.612. The van der Waals surface area contributed by atoms with Crippen molar-refractivity contribution < 1.29 is 0 Å². The number of unbranched alkanes of at least 4 members (excludes halogenated alkanes) is 2. The molecule has 2 aromatic heterocycles. The summed E-state index contributed by atoms with van der Waals surface area (Å²) in [5.74, 6) is 1.36. The topological polar surface area (TPSA) is 55.1 Å². The third kappa shape index (κ3) is 3.10. The molecule has 6 heteroatoms. The van der Waals surface area contributed by atoms with Crippen molar-refractivity contribution in [1.29, 1.82) is 0 Å². The van der Waals surface area contributed by atoms with E-state index in [4.69, 9.17) is 11.6 Å². The van der Waals surface area contributed by atoms with Gasteiger partial charge in [0.1, 0.15) is 17.3 Å². The summed E-state index contributed by atoms with van der Waals surface area (Å²) in [6.45, 7) is 4.37. The van der Waals surface area contributed by atoms with E-state index in [2.05, 4.69) is 34.2 Å². The molecule has 1 N–H and O–H groups in total. The van der Waals surface area contributed by atoms with Crippen molar-refractivity contribution in [2.45, 2.75) is 45.6 Å². The van der Waals surface area contributed by atoms with Crippen LogP contribution in [-0.2, 0) is 0 Å². The van der Waals surface area contributed by atoms with Crippen LogP contribution in [0.5, 0.6) is 0 Å². The predicted octanol–water partition coefficient (Wildman–Crippen LogP) is 3.16. The lowest BCUT2D eigenvalue weighted by Crippen LogP contribution is -2.17. The molecule has 18 heavy (non-hydrogen) atoms. The van der Waals surface area contributed by atoms with Crippen LogP contribution in [0.4, 0.5) is 5.82 Å². The van der Waals surface area contributed by atoms with Crippen molar-refractivity contribution in [3.63, 3.8) is 0 Å². The first-order valence-electron chi connectivity index (χ1n) is 6.33. The molecule has 0 radical (unpaired) electrons. The highest BCUT2D eigenvalue weighted by molar-refractivity contribution is 6.29. The maximum Gasteiger partial charge on any atom is 0.255 e. The zero-order chi connectivity index (χ0) is 13.0. The van der Waals surface area contributed by atoms with Crippen LogP contribution in [0.25, 0.3) is 5.78 Å². The zero-order valence-electron chi connectivity index (χ0n) is 10.7. The molecule has 0 spiro atoms. The summed E-state index contributed by atoms with van der Waals surface area (Å²) in [6, 6.07) is 2.15. The van der Waals surface area contributed by atoms with Crippen LogP contribution in [-0.4, -0.2) is 25.6 Å². The van der Waals surface area contributed by atoms with E-state index in [0.717, 1.165) is 12.2 Å². The first kappa shape index (κ1) is 13.1. The molecular weight excluding hydrogens is 250 g/mol. The molecule has 0 aliphatic carbocycles. The average molecular weight is 268 g/mol. The van der Waals surface area contributed by atoms with Gasteiger partial charge in [0.25, 0.3) is 5.78 Å². The van der Waals surface area contributed by atoms with E-state index in [0.29, 0.717) is 17.0 Å². The number of anilines is 1. The van der Waals surface area contributed by atoms with Gasteiger partial charge in [-0.25, -0.2) is 0 Å².